The second-order valence-electron chi connectivity index (χ2n) is 7.01. The summed E-state index contributed by atoms with van der Waals surface area (Å²) < 4.78 is 24.1. The van der Waals surface area contributed by atoms with Crippen LogP contribution in [-0.2, 0) is 19.4 Å². The van der Waals surface area contributed by atoms with Crippen LogP contribution in [0.3, 0.4) is 0 Å². The lowest BCUT2D eigenvalue weighted by Gasteiger charge is -2.37. The van der Waals surface area contributed by atoms with Gasteiger partial charge in [-0.3, -0.25) is 9.78 Å². The maximum atomic E-state index is 12.8. The van der Waals surface area contributed by atoms with Crippen LogP contribution in [-0.4, -0.2) is 51.4 Å². The van der Waals surface area contributed by atoms with Crippen LogP contribution >= 0.6 is 0 Å². The van der Waals surface area contributed by atoms with E-state index in [1.165, 1.54) is 19.9 Å². The molecule has 134 valence electrons. The largest absolute Gasteiger partial charge is 0.480 e. The van der Waals surface area contributed by atoms with E-state index in [0.29, 0.717) is 5.69 Å². The molecule has 2 atom stereocenters. The number of benzene rings is 1. The van der Waals surface area contributed by atoms with E-state index in [4.69, 9.17) is 0 Å². The van der Waals surface area contributed by atoms with Crippen LogP contribution in [0.2, 0.25) is 0 Å². The number of rotatable bonds is 2. The van der Waals surface area contributed by atoms with Crippen LogP contribution in [0.5, 0.6) is 0 Å². The van der Waals surface area contributed by atoms with Gasteiger partial charge in [0, 0.05) is 11.6 Å². The van der Waals surface area contributed by atoms with Crippen molar-refractivity contribution in [1.82, 2.24) is 9.88 Å². The maximum Gasteiger partial charge on any atom is 0.328 e. The van der Waals surface area contributed by atoms with Gasteiger partial charge in [-0.05, 0) is 31.4 Å². The Morgan fingerprint density at radius 2 is 1.92 bits per heavy atom. The molecule has 1 N–H and O–H groups in total. The van der Waals surface area contributed by atoms with Crippen molar-refractivity contribution in [2.45, 2.75) is 30.0 Å². The van der Waals surface area contributed by atoms with E-state index in [1.54, 1.807) is 12.3 Å². The number of hydrogen-bond acceptors (Lipinski definition) is 5. The number of sulfone groups is 1. The molecule has 0 spiro atoms. The van der Waals surface area contributed by atoms with Crippen LogP contribution in [0.4, 0.5) is 0 Å². The highest BCUT2D eigenvalue weighted by Gasteiger charge is 2.70. The summed E-state index contributed by atoms with van der Waals surface area (Å²) in [6.45, 7) is 2.69. The van der Waals surface area contributed by atoms with Crippen molar-refractivity contribution in [2.75, 3.05) is 0 Å². The number of nitrogens with zero attached hydrogens (tertiary/aromatic N) is 2. The highest BCUT2D eigenvalue weighted by atomic mass is 32.2. The molecule has 2 saturated heterocycles. The number of hydrogen-bond donors (Lipinski definition) is 1. The van der Waals surface area contributed by atoms with E-state index in [1.807, 2.05) is 24.3 Å². The maximum absolute atomic E-state index is 12.8. The Balaban J connectivity index is 1.81. The molecule has 1 aromatic carbocycles. The number of aliphatic carboxylic acids is 1. The molecular formula is C18H16N2O5S. The number of β-lactam (4-membered cyclic amide) rings is 1. The molecule has 0 aliphatic carbocycles. The van der Waals surface area contributed by atoms with Gasteiger partial charge >= 0.3 is 5.97 Å². The molecule has 2 aliphatic rings. The minimum atomic E-state index is -3.88. The first-order valence-corrected chi connectivity index (χ1v) is 9.56. The summed E-state index contributed by atoms with van der Waals surface area (Å²) in [4.78, 5) is 29.3. The molecule has 1 amide bonds. The van der Waals surface area contributed by atoms with Gasteiger partial charge in [-0.1, -0.05) is 24.3 Å². The third-order valence-electron chi connectivity index (χ3n) is 5.15. The summed E-state index contributed by atoms with van der Waals surface area (Å²) in [7, 11) is -3.88. The first-order valence-electron chi connectivity index (χ1n) is 8.01. The minimum Gasteiger partial charge on any atom is -0.480 e. The molecule has 2 fully saturated rings. The van der Waals surface area contributed by atoms with Crippen LogP contribution in [0, 0.1) is 0 Å². The highest BCUT2D eigenvalue weighted by Crippen LogP contribution is 2.48. The number of aromatic nitrogens is 1. The predicted molar refractivity (Wildman–Crippen MR) is 94.8 cm³/mol. The third kappa shape index (κ3) is 1.99. The predicted octanol–water partition coefficient (Wildman–Crippen LogP) is 1.45. The van der Waals surface area contributed by atoms with E-state index in [2.05, 4.69) is 4.98 Å². The lowest BCUT2D eigenvalue weighted by molar-refractivity contribution is -0.152. The van der Waals surface area contributed by atoms with Crippen LogP contribution in [0.1, 0.15) is 19.5 Å². The molecule has 0 saturated carbocycles. The zero-order valence-electron chi connectivity index (χ0n) is 14.1. The lowest BCUT2D eigenvalue weighted by Crippen LogP contribution is -2.58. The Morgan fingerprint density at radius 3 is 2.58 bits per heavy atom. The standard InChI is InChI=1S/C18H16N2O5S/c1-18(2)14(17(22)23)20-15(21)13(16(20)26(18,24)25)8-12-7-10-5-3-4-6-11(10)9-19-12/h3-9,14,16H,1-2H3,(H,22,23)/b13-8-/t14-,16+/m0/s1. The molecule has 2 aromatic rings. The van der Waals surface area contributed by atoms with Gasteiger partial charge < -0.3 is 10.0 Å². The molecule has 0 unspecified atom stereocenters. The van der Waals surface area contributed by atoms with E-state index < -0.39 is 37.9 Å². The Morgan fingerprint density at radius 1 is 1.27 bits per heavy atom. The van der Waals surface area contributed by atoms with Gasteiger partial charge in [0.1, 0.15) is 4.75 Å². The van der Waals surface area contributed by atoms with Gasteiger partial charge in [0.15, 0.2) is 21.3 Å². The summed E-state index contributed by atoms with van der Waals surface area (Å²) >= 11 is 0. The number of amides is 1. The van der Waals surface area contributed by atoms with Crippen molar-refractivity contribution in [1.29, 1.82) is 0 Å². The van der Waals surface area contributed by atoms with Gasteiger partial charge in [-0.25, -0.2) is 13.2 Å². The molecule has 26 heavy (non-hydrogen) atoms. The highest BCUT2D eigenvalue weighted by molar-refractivity contribution is 7.94. The number of pyridine rings is 1. The van der Waals surface area contributed by atoms with Gasteiger partial charge in [0.25, 0.3) is 5.91 Å². The Labute approximate surface area is 149 Å². The van der Waals surface area contributed by atoms with Gasteiger partial charge in [0.2, 0.25) is 0 Å². The van der Waals surface area contributed by atoms with Crippen molar-refractivity contribution in [3.8, 4) is 0 Å². The number of carboxylic acids is 1. The van der Waals surface area contributed by atoms with E-state index in [-0.39, 0.29) is 5.57 Å². The zero-order chi connectivity index (χ0) is 18.9. The molecule has 0 bridgehead atoms. The molecule has 7 nitrogen and oxygen atoms in total. The molecule has 8 heteroatoms. The van der Waals surface area contributed by atoms with Gasteiger partial charge in [-0.15, -0.1) is 0 Å². The summed E-state index contributed by atoms with van der Waals surface area (Å²) in [5.74, 6) is -1.90. The second-order valence-corrected chi connectivity index (χ2v) is 9.60. The summed E-state index contributed by atoms with van der Waals surface area (Å²) in [6, 6.07) is 7.91. The quantitative estimate of drug-likeness (QED) is 0.632. The Hall–Kier alpha value is -2.74. The second kappa shape index (κ2) is 5.14. The molecular weight excluding hydrogens is 356 g/mol. The first-order chi connectivity index (χ1) is 12.2. The average molecular weight is 372 g/mol. The van der Waals surface area contributed by atoms with Gasteiger partial charge in [-0.2, -0.15) is 0 Å². The number of carbonyl (C=O) groups excluding carboxylic acids is 1. The molecule has 1 aromatic heterocycles. The molecule has 4 rings (SSSR count). The molecule has 2 aliphatic heterocycles. The van der Waals surface area contributed by atoms with Crippen molar-refractivity contribution < 1.29 is 23.1 Å². The summed E-state index contributed by atoms with van der Waals surface area (Å²) in [5.41, 5.74) is 0.517. The molecule has 0 radical (unpaired) electrons. The fourth-order valence-corrected chi connectivity index (χ4v) is 5.80. The number of carbonyl (C=O) groups is 2. The zero-order valence-corrected chi connectivity index (χ0v) is 14.9. The summed E-state index contributed by atoms with van der Waals surface area (Å²) in [5, 5.41) is 10.0. The smallest absolute Gasteiger partial charge is 0.328 e. The lowest BCUT2D eigenvalue weighted by atomic mass is 9.95. The third-order valence-corrected chi connectivity index (χ3v) is 7.91. The van der Waals surface area contributed by atoms with Crippen LogP contribution < -0.4 is 0 Å². The number of carboxylic acid groups (broad SMARTS) is 1. The monoisotopic (exact) mass is 372 g/mol. The SMILES string of the molecule is CC1(C)[C@H](C(=O)O)N2C(=O)/C(=C/c3cc4ccccc4cn3)[C@H]2S1(=O)=O. The van der Waals surface area contributed by atoms with Crippen molar-refractivity contribution in [3.05, 3.63) is 47.8 Å². The van der Waals surface area contributed by atoms with Crippen molar-refractivity contribution in [3.63, 3.8) is 0 Å². The normalized spacial score (nSPS) is 27.4. The van der Waals surface area contributed by atoms with Crippen molar-refractivity contribution in [2.24, 2.45) is 0 Å². The fraction of sp³-hybridized carbons (Fsp3) is 0.278. The van der Waals surface area contributed by atoms with Crippen LogP contribution in [0.25, 0.3) is 16.8 Å². The Kier molecular flexibility index (Phi) is 3.30. The van der Waals surface area contributed by atoms with E-state index >= 15 is 0 Å². The average Bonchev–Trinajstić information content (AvgIpc) is 2.73. The summed E-state index contributed by atoms with van der Waals surface area (Å²) in [6.07, 6.45) is 3.09. The minimum absolute atomic E-state index is 0.0598. The Bertz CT molecular complexity index is 1100. The van der Waals surface area contributed by atoms with Gasteiger partial charge in [0.05, 0.1) is 11.3 Å². The fourth-order valence-electron chi connectivity index (χ4n) is 3.68. The first kappa shape index (κ1) is 16.7. The van der Waals surface area contributed by atoms with Crippen molar-refractivity contribution >= 4 is 38.6 Å². The molecule has 3 heterocycles. The van der Waals surface area contributed by atoms with E-state index in [0.717, 1.165) is 15.7 Å². The van der Waals surface area contributed by atoms with E-state index in [9.17, 15) is 23.1 Å². The number of fused-ring (bicyclic) bond motifs is 2. The van der Waals surface area contributed by atoms with Crippen LogP contribution in [0.15, 0.2) is 42.1 Å². The topological polar surface area (TPSA) is 105 Å².